The lowest BCUT2D eigenvalue weighted by molar-refractivity contribution is 0.0694. The topological polar surface area (TPSA) is 101 Å². The number of fused-ring (bicyclic) bond motifs is 2. The molecule has 1 saturated heterocycles. The number of pyridine rings is 1. The fraction of sp³-hybridized carbons (Fsp3) is 0.320. The van der Waals surface area contributed by atoms with Crippen molar-refractivity contribution in [2.45, 2.75) is 18.9 Å². The van der Waals surface area contributed by atoms with Crippen molar-refractivity contribution >= 4 is 39.7 Å². The standard InChI is InChI=1S/C25H23FN4O5/c1-34-23-20-15(22(31)16(24(32)33)13-30(20)14-6-7-14)12-17(26)21(23)28-8-10-29(11-9-28)25-27-18-4-2-3-5-19(18)35-25/h2-5,12-14H,6-11H2,1H3,(H,32,33). The number of piperazine rings is 1. The molecule has 3 heterocycles. The molecule has 2 aromatic carbocycles. The van der Waals surface area contributed by atoms with Gasteiger partial charge in [-0.1, -0.05) is 12.1 Å². The zero-order valence-electron chi connectivity index (χ0n) is 19.0. The average molecular weight is 478 g/mol. The summed E-state index contributed by atoms with van der Waals surface area (Å²) in [6, 6.07) is 9.29. The van der Waals surface area contributed by atoms with Crippen LogP contribution < -0.4 is 20.0 Å². The summed E-state index contributed by atoms with van der Waals surface area (Å²) in [6.45, 7) is 2.08. The molecule has 35 heavy (non-hydrogen) atoms. The predicted octanol–water partition coefficient (Wildman–Crippen LogP) is 3.65. The van der Waals surface area contributed by atoms with E-state index in [-0.39, 0.29) is 28.4 Å². The highest BCUT2D eigenvalue weighted by Crippen LogP contribution is 2.44. The summed E-state index contributed by atoms with van der Waals surface area (Å²) in [7, 11) is 1.44. The van der Waals surface area contributed by atoms with Gasteiger partial charge in [0.05, 0.1) is 18.0 Å². The Morgan fingerprint density at radius 1 is 1.17 bits per heavy atom. The van der Waals surface area contributed by atoms with E-state index in [0.29, 0.717) is 43.3 Å². The number of methoxy groups -OCH3 is 1. The van der Waals surface area contributed by atoms with Crippen LogP contribution in [0.5, 0.6) is 5.75 Å². The number of para-hydroxylation sites is 2. The number of anilines is 2. The summed E-state index contributed by atoms with van der Waals surface area (Å²) in [5.41, 5.74) is 1.12. The summed E-state index contributed by atoms with van der Waals surface area (Å²) in [4.78, 5) is 33.0. The molecule has 1 aliphatic heterocycles. The van der Waals surface area contributed by atoms with Gasteiger partial charge in [0.25, 0.3) is 6.01 Å². The number of oxazole rings is 1. The normalized spacial score (nSPS) is 16.3. The number of halogens is 1. The Labute approximate surface area is 198 Å². The van der Waals surface area contributed by atoms with Crippen molar-refractivity contribution in [3.63, 3.8) is 0 Å². The molecule has 0 unspecified atom stereocenters. The highest BCUT2D eigenvalue weighted by atomic mass is 19.1. The second-order valence-corrected chi connectivity index (χ2v) is 8.89. The van der Waals surface area contributed by atoms with Crippen LogP contribution in [0.1, 0.15) is 29.2 Å². The molecule has 2 aliphatic rings. The van der Waals surface area contributed by atoms with Gasteiger partial charge in [-0.05, 0) is 31.0 Å². The summed E-state index contributed by atoms with van der Waals surface area (Å²) in [5, 5.41) is 9.52. The van der Waals surface area contributed by atoms with Crippen molar-refractivity contribution in [3.05, 3.63) is 58.1 Å². The number of aromatic nitrogens is 2. The molecule has 180 valence electrons. The minimum atomic E-state index is -1.33. The molecule has 9 nitrogen and oxygen atoms in total. The summed E-state index contributed by atoms with van der Waals surface area (Å²) in [6.07, 6.45) is 3.08. The average Bonchev–Trinajstić information content (AvgIpc) is 3.61. The molecule has 1 N–H and O–H groups in total. The van der Waals surface area contributed by atoms with Crippen LogP contribution >= 0.6 is 0 Å². The number of carboxylic acid groups (broad SMARTS) is 1. The first-order valence-corrected chi connectivity index (χ1v) is 11.5. The van der Waals surface area contributed by atoms with E-state index in [9.17, 15) is 14.7 Å². The molecule has 0 atom stereocenters. The quantitative estimate of drug-likeness (QED) is 0.464. The molecule has 0 amide bonds. The van der Waals surface area contributed by atoms with Crippen molar-refractivity contribution in [3.8, 4) is 5.75 Å². The SMILES string of the molecule is COc1c(N2CCN(c3nc4ccccc4o3)CC2)c(F)cc2c(=O)c(C(=O)O)cn(C3CC3)c12. The largest absolute Gasteiger partial charge is 0.492 e. The van der Waals surface area contributed by atoms with E-state index in [4.69, 9.17) is 9.15 Å². The van der Waals surface area contributed by atoms with Gasteiger partial charge in [0.2, 0.25) is 5.43 Å². The molecule has 2 fully saturated rings. The number of aromatic carboxylic acids is 1. The van der Waals surface area contributed by atoms with Crippen LogP contribution in [0.15, 0.2) is 45.7 Å². The highest BCUT2D eigenvalue weighted by Gasteiger charge is 2.32. The zero-order chi connectivity index (χ0) is 24.3. The highest BCUT2D eigenvalue weighted by molar-refractivity contribution is 5.97. The summed E-state index contributed by atoms with van der Waals surface area (Å²) in [5.74, 6) is -1.70. The van der Waals surface area contributed by atoms with Gasteiger partial charge >= 0.3 is 5.97 Å². The third-order valence-electron chi connectivity index (χ3n) is 6.72. The minimum Gasteiger partial charge on any atom is -0.492 e. The van der Waals surface area contributed by atoms with Crippen LogP contribution in [0.4, 0.5) is 16.1 Å². The van der Waals surface area contributed by atoms with Crippen molar-refractivity contribution in [2.24, 2.45) is 0 Å². The van der Waals surface area contributed by atoms with Crippen molar-refractivity contribution < 1.29 is 23.4 Å². The molecular formula is C25H23FN4O5. The summed E-state index contributed by atoms with van der Waals surface area (Å²) >= 11 is 0. The van der Waals surface area contributed by atoms with Gasteiger partial charge in [-0.3, -0.25) is 4.79 Å². The lowest BCUT2D eigenvalue weighted by atomic mass is 10.1. The van der Waals surface area contributed by atoms with E-state index in [1.165, 1.54) is 13.3 Å². The molecule has 0 spiro atoms. The molecule has 10 heteroatoms. The van der Waals surface area contributed by atoms with E-state index in [0.717, 1.165) is 24.4 Å². The zero-order valence-corrected chi connectivity index (χ0v) is 19.0. The van der Waals surface area contributed by atoms with Gasteiger partial charge < -0.3 is 28.6 Å². The molecule has 1 saturated carbocycles. The van der Waals surface area contributed by atoms with Crippen LogP contribution in [-0.4, -0.2) is 53.9 Å². The molecule has 0 bridgehead atoms. The number of rotatable bonds is 5. The lowest BCUT2D eigenvalue weighted by Gasteiger charge is -2.36. The summed E-state index contributed by atoms with van der Waals surface area (Å²) < 4.78 is 28.8. The Hall–Kier alpha value is -4.08. The Balaban J connectivity index is 1.39. The Morgan fingerprint density at radius 2 is 1.89 bits per heavy atom. The Kier molecular flexibility index (Phi) is 4.91. The van der Waals surface area contributed by atoms with Crippen LogP contribution in [0.3, 0.4) is 0 Å². The monoisotopic (exact) mass is 478 g/mol. The lowest BCUT2D eigenvalue weighted by Crippen LogP contribution is -2.47. The number of hydrogen-bond donors (Lipinski definition) is 1. The minimum absolute atomic E-state index is 0.0139. The van der Waals surface area contributed by atoms with Gasteiger partial charge in [-0.25, -0.2) is 9.18 Å². The van der Waals surface area contributed by atoms with E-state index in [1.807, 2.05) is 34.1 Å². The number of hydrogen-bond acceptors (Lipinski definition) is 7. The smallest absolute Gasteiger partial charge is 0.341 e. The van der Waals surface area contributed by atoms with Crippen LogP contribution in [0.25, 0.3) is 22.0 Å². The van der Waals surface area contributed by atoms with Crippen molar-refractivity contribution in [1.29, 1.82) is 0 Å². The maximum absolute atomic E-state index is 15.5. The van der Waals surface area contributed by atoms with Gasteiger partial charge in [-0.2, -0.15) is 4.98 Å². The van der Waals surface area contributed by atoms with Crippen LogP contribution in [0.2, 0.25) is 0 Å². The first-order valence-electron chi connectivity index (χ1n) is 11.5. The second-order valence-electron chi connectivity index (χ2n) is 8.89. The number of ether oxygens (including phenoxy) is 1. The first kappa shape index (κ1) is 21.5. The third kappa shape index (κ3) is 3.48. The van der Waals surface area contributed by atoms with E-state index < -0.39 is 17.2 Å². The molecule has 2 aromatic heterocycles. The van der Waals surface area contributed by atoms with Crippen molar-refractivity contribution in [2.75, 3.05) is 43.1 Å². The number of carbonyl (C=O) groups is 1. The Morgan fingerprint density at radius 3 is 2.54 bits per heavy atom. The van der Waals surface area contributed by atoms with E-state index in [1.54, 1.807) is 4.57 Å². The van der Waals surface area contributed by atoms with E-state index in [2.05, 4.69) is 4.98 Å². The molecular weight excluding hydrogens is 455 g/mol. The molecule has 4 aromatic rings. The third-order valence-corrected chi connectivity index (χ3v) is 6.72. The number of nitrogens with zero attached hydrogens (tertiary/aromatic N) is 4. The predicted molar refractivity (Wildman–Crippen MR) is 128 cm³/mol. The van der Waals surface area contributed by atoms with E-state index >= 15 is 4.39 Å². The second kappa shape index (κ2) is 8.00. The Bertz CT molecular complexity index is 1500. The fourth-order valence-electron chi connectivity index (χ4n) is 4.84. The molecule has 6 rings (SSSR count). The molecule has 1 aliphatic carbocycles. The maximum Gasteiger partial charge on any atom is 0.341 e. The van der Waals surface area contributed by atoms with Gasteiger partial charge in [-0.15, -0.1) is 0 Å². The van der Waals surface area contributed by atoms with Crippen LogP contribution in [0, 0.1) is 5.82 Å². The molecule has 0 radical (unpaired) electrons. The van der Waals surface area contributed by atoms with Gasteiger partial charge in [0, 0.05) is 38.4 Å². The van der Waals surface area contributed by atoms with Gasteiger partial charge in [0.1, 0.15) is 16.8 Å². The maximum atomic E-state index is 15.5. The van der Waals surface area contributed by atoms with Gasteiger partial charge in [0.15, 0.2) is 17.1 Å². The van der Waals surface area contributed by atoms with Crippen LogP contribution in [-0.2, 0) is 0 Å². The number of benzene rings is 2. The van der Waals surface area contributed by atoms with Crippen molar-refractivity contribution in [1.82, 2.24) is 9.55 Å². The fourth-order valence-corrected chi connectivity index (χ4v) is 4.84. The first-order chi connectivity index (χ1) is 17.0. The number of carboxylic acids is 1.